The fourth-order valence-electron chi connectivity index (χ4n) is 2.84. The number of thioether (sulfide) groups is 1. The molecule has 4 rings (SSSR count). The molecule has 0 bridgehead atoms. The van der Waals surface area contributed by atoms with E-state index in [1.165, 1.54) is 0 Å². The molecule has 8 heteroatoms. The number of carbonyl (C=O) groups excluding carboxylic acids is 2. The van der Waals surface area contributed by atoms with Crippen LogP contribution in [0.15, 0.2) is 87.2 Å². The fourth-order valence-corrected chi connectivity index (χ4v) is 4.04. The standard InChI is InChI=1S/C24H16BrClN2O3S/c25-18-9-5-15(6-10-18)14-31-20-4-2-1-3-17(20)13-21-23(30)28-24(32-21)27-22(29)16-7-11-19(26)12-8-16/h1-13H,14H2,(H,27,28,29,30)/b21-13-. The molecular formula is C24H16BrClN2O3S. The minimum atomic E-state index is -0.455. The number of amidine groups is 1. The van der Waals surface area contributed by atoms with Crippen molar-refractivity contribution in [1.82, 2.24) is 5.32 Å². The molecule has 0 aromatic heterocycles. The molecule has 0 atom stereocenters. The first-order valence-electron chi connectivity index (χ1n) is 9.54. The summed E-state index contributed by atoms with van der Waals surface area (Å²) in [7, 11) is 0. The first kappa shape index (κ1) is 22.3. The lowest BCUT2D eigenvalue weighted by Crippen LogP contribution is -2.20. The van der Waals surface area contributed by atoms with Gasteiger partial charge in [-0.2, -0.15) is 4.99 Å². The van der Waals surface area contributed by atoms with E-state index in [0.29, 0.717) is 27.8 Å². The van der Waals surface area contributed by atoms with Gasteiger partial charge in [0.2, 0.25) is 0 Å². The summed E-state index contributed by atoms with van der Waals surface area (Å²) in [5, 5.41) is 3.39. The maximum atomic E-state index is 12.4. The van der Waals surface area contributed by atoms with Gasteiger partial charge in [0.15, 0.2) is 5.17 Å². The highest BCUT2D eigenvalue weighted by molar-refractivity contribution is 9.10. The predicted molar refractivity (Wildman–Crippen MR) is 132 cm³/mol. The number of para-hydroxylation sites is 1. The Balaban J connectivity index is 1.49. The van der Waals surface area contributed by atoms with E-state index in [1.807, 2.05) is 48.5 Å². The van der Waals surface area contributed by atoms with Gasteiger partial charge in [-0.1, -0.05) is 57.9 Å². The average Bonchev–Trinajstić information content (AvgIpc) is 3.13. The molecule has 2 amide bonds. The van der Waals surface area contributed by atoms with Crippen molar-refractivity contribution in [3.05, 3.63) is 104 Å². The van der Waals surface area contributed by atoms with E-state index in [0.717, 1.165) is 27.4 Å². The van der Waals surface area contributed by atoms with Gasteiger partial charge in [-0.3, -0.25) is 9.59 Å². The summed E-state index contributed by atoms with van der Waals surface area (Å²) < 4.78 is 6.97. The van der Waals surface area contributed by atoms with Crippen LogP contribution in [0.2, 0.25) is 5.02 Å². The van der Waals surface area contributed by atoms with Crippen LogP contribution in [-0.4, -0.2) is 17.0 Å². The monoisotopic (exact) mass is 526 g/mol. The highest BCUT2D eigenvalue weighted by Gasteiger charge is 2.25. The second kappa shape index (κ2) is 10.2. The number of ether oxygens (including phenoxy) is 1. The Morgan fingerprint density at radius 2 is 1.78 bits per heavy atom. The Hall–Kier alpha value is -2.87. The Bertz CT molecular complexity index is 1220. The molecule has 3 aromatic rings. The summed E-state index contributed by atoms with van der Waals surface area (Å²) in [6.45, 7) is 0.398. The van der Waals surface area contributed by atoms with Gasteiger partial charge in [-0.05, 0) is 65.9 Å². The minimum Gasteiger partial charge on any atom is -0.488 e. The van der Waals surface area contributed by atoms with E-state index in [9.17, 15) is 9.59 Å². The van der Waals surface area contributed by atoms with Crippen LogP contribution >= 0.6 is 39.3 Å². The van der Waals surface area contributed by atoms with Gasteiger partial charge in [0.25, 0.3) is 11.8 Å². The quantitative estimate of drug-likeness (QED) is 0.408. The maximum Gasteiger partial charge on any atom is 0.279 e. The molecule has 1 N–H and O–H groups in total. The number of hydrogen-bond acceptors (Lipinski definition) is 4. The minimum absolute atomic E-state index is 0.231. The smallest absolute Gasteiger partial charge is 0.279 e. The number of carbonyl (C=O) groups is 2. The van der Waals surface area contributed by atoms with Crippen LogP contribution in [-0.2, 0) is 11.4 Å². The van der Waals surface area contributed by atoms with E-state index >= 15 is 0 Å². The SMILES string of the molecule is O=C1NC(=NC(=O)c2ccc(Cl)cc2)S/C1=C\c1ccccc1OCc1ccc(Br)cc1. The van der Waals surface area contributed by atoms with Crippen molar-refractivity contribution in [2.45, 2.75) is 6.61 Å². The van der Waals surface area contributed by atoms with Crippen LogP contribution in [0.4, 0.5) is 0 Å². The lowest BCUT2D eigenvalue weighted by molar-refractivity contribution is -0.115. The molecule has 1 aliphatic rings. The molecule has 1 heterocycles. The Kier molecular flexibility index (Phi) is 7.09. The van der Waals surface area contributed by atoms with Gasteiger partial charge >= 0.3 is 0 Å². The topological polar surface area (TPSA) is 67.8 Å². The van der Waals surface area contributed by atoms with Crippen molar-refractivity contribution in [3.63, 3.8) is 0 Å². The van der Waals surface area contributed by atoms with Crippen LogP contribution in [0, 0.1) is 0 Å². The molecule has 1 fully saturated rings. The molecule has 1 saturated heterocycles. The van der Waals surface area contributed by atoms with Crippen LogP contribution < -0.4 is 10.1 Å². The van der Waals surface area contributed by atoms with Crippen molar-refractivity contribution in [2.75, 3.05) is 0 Å². The third-order valence-electron chi connectivity index (χ3n) is 4.46. The maximum absolute atomic E-state index is 12.4. The second-order valence-electron chi connectivity index (χ2n) is 6.75. The van der Waals surface area contributed by atoms with Crippen molar-refractivity contribution >= 4 is 62.4 Å². The molecule has 3 aromatic carbocycles. The van der Waals surface area contributed by atoms with Gasteiger partial charge in [-0.25, -0.2) is 0 Å². The zero-order valence-electron chi connectivity index (χ0n) is 16.5. The molecule has 5 nitrogen and oxygen atoms in total. The first-order chi connectivity index (χ1) is 15.5. The first-order valence-corrected chi connectivity index (χ1v) is 11.5. The molecule has 1 aliphatic heterocycles. The molecule has 0 radical (unpaired) electrons. The number of halogens is 2. The third-order valence-corrected chi connectivity index (χ3v) is 6.15. The number of amides is 2. The van der Waals surface area contributed by atoms with Crippen LogP contribution in [0.3, 0.4) is 0 Å². The zero-order valence-corrected chi connectivity index (χ0v) is 19.7. The number of nitrogens with zero attached hydrogens (tertiary/aromatic N) is 1. The summed E-state index contributed by atoms with van der Waals surface area (Å²) >= 11 is 10.4. The normalized spacial score (nSPS) is 15.8. The summed E-state index contributed by atoms with van der Waals surface area (Å²) in [5.41, 5.74) is 2.17. The summed E-state index contributed by atoms with van der Waals surface area (Å²) in [6.07, 6.45) is 1.73. The fraction of sp³-hybridized carbons (Fsp3) is 0.0417. The van der Waals surface area contributed by atoms with E-state index < -0.39 is 5.91 Å². The van der Waals surface area contributed by atoms with Crippen molar-refractivity contribution in [1.29, 1.82) is 0 Å². The lowest BCUT2D eigenvalue weighted by Gasteiger charge is -2.09. The van der Waals surface area contributed by atoms with Crippen molar-refractivity contribution in [3.8, 4) is 5.75 Å². The molecule has 0 aliphatic carbocycles. The molecular weight excluding hydrogens is 512 g/mol. The number of benzene rings is 3. The van der Waals surface area contributed by atoms with Crippen LogP contribution in [0.25, 0.3) is 6.08 Å². The molecule has 0 unspecified atom stereocenters. The van der Waals surface area contributed by atoms with E-state index in [1.54, 1.807) is 30.3 Å². The number of rotatable bonds is 5. The average molecular weight is 528 g/mol. The summed E-state index contributed by atoms with van der Waals surface area (Å²) in [5.74, 6) is -0.122. The molecule has 0 saturated carbocycles. The molecule has 0 spiro atoms. The van der Waals surface area contributed by atoms with Crippen LogP contribution in [0.5, 0.6) is 5.75 Å². The lowest BCUT2D eigenvalue weighted by atomic mass is 10.2. The van der Waals surface area contributed by atoms with Crippen LogP contribution in [0.1, 0.15) is 21.5 Å². The van der Waals surface area contributed by atoms with E-state index in [-0.39, 0.29) is 11.1 Å². The van der Waals surface area contributed by atoms with Gasteiger partial charge in [-0.15, -0.1) is 0 Å². The summed E-state index contributed by atoms with van der Waals surface area (Å²) in [6, 6.07) is 21.7. The highest BCUT2D eigenvalue weighted by atomic mass is 79.9. The van der Waals surface area contributed by atoms with Crippen molar-refractivity contribution < 1.29 is 14.3 Å². The van der Waals surface area contributed by atoms with E-state index in [2.05, 4.69) is 26.2 Å². The Morgan fingerprint density at radius 3 is 2.53 bits per heavy atom. The second-order valence-corrected chi connectivity index (χ2v) is 9.13. The Morgan fingerprint density at radius 1 is 1.06 bits per heavy atom. The Labute approximate surface area is 202 Å². The largest absolute Gasteiger partial charge is 0.488 e. The van der Waals surface area contributed by atoms with Crippen molar-refractivity contribution in [2.24, 2.45) is 4.99 Å². The number of nitrogens with one attached hydrogen (secondary N) is 1. The zero-order chi connectivity index (χ0) is 22.5. The molecule has 160 valence electrons. The van der Waals surface area contributed by atoms with Gasteiger partial charge in [0.1, 0.15) is 12.4 Å². The van der Waals surface area contributed by atoms with Gasteiger partial charge in [0.05, 0.1) is 4.91 Å². The third kappa shape index (κ3) is 5.68. The number of hydrogen-bond donors (Lipinski definition) is 1. The van der Waals surface area contributed by atoms with E-state index in [4.69, 9.17) is 16.3 Å². The van der Waals surface area contributed by atoms with Gasteiger partial charge < -0.3 is 10.1 Å². The number of aliphatic imine (C=N–C) groups is 1. The molecule has 32 heavy (non-hydrogen) atoms. The highest BCUT2D eigenvalue weighted by Crippen LogP contribution is 2.30. The van der Waals surface area contributed by atoms with Gasteiger partial charge in [0, 0.05) is 20.6 Å². The summed E-state index contributed by atoms with van der Waals surface area (Å²) in [4.78, 5) is 29.2. The predicted octanol–water partition coefficient (Wildman–Crippen LogP) is 6.08.